The van der Waals surface area contributed by atoms with Crippen molar-refractivity contribution in [1.82, 2.24) is 10.3 Å². The maximum atomic E-state index is 11.9. The number of aromatic nitrogens is 1. The van der Waals surface area contributed by atoms with E-state index >= 15 is 0 Å². The van der Waals surface area contributed by atoms with Gasteiger partial charge in [-0.05, 0) is 17.9 Å². The first-order valence-electron chi connectivity index (χ1n) is 6.53. The zero-order valence-electron chi connectivity index (χ0n) is 11.0. The van der Waals surface area contributed by atoms with Crippen LogP contribution in [0.25, 0.3) is 10.8 Å². The molecule has 106 valence electrons. The summed E-state index contributed by atoms with van der Waals surface area (Å²) in [5.41, 5.74) is 0.309. The Labute approximate surface area is 119 Å². The Hall–Kier alpha value is -2.76. The fourth-order valence-electron chi connectivity index (χ4n) is 2.54. The predicted molar refractivity (Wildman–Crippen MR) is 73.8 cm³/mol. The van der Waals surface area contributed by atoms with Gasteiger partial charge in [-0.3, -0.25) is 14.9 Å². The molecule has 6 heteroatoms. The Morgan fingerprint density at radius 3 is 2.76 bits per heavy atom. The third-order valence-electron chi connectivity index (χ3n) is 3.56. The van der Waals surface area contributed by atoms with Gasteiger partial charge in [0.1, 0.15) is 0 Å². The van der Waals surface area contributed by atoms with Crippen LogP contribution in [-0.2, 0) is 9.59 Å². The van der Waals surface area contributed by atoms with Crippen LogP contribution in [0.2, 0.25) is 0 Å². The average molecular weight is 284 g/mol. The molecule has 2 aromatic rings. The number of nitrogens with one attached hydrogen (secondary N) is 1. The number of amides is 2. The van der Waals surface area contributed by atoms with E-state index in [0.29, 0.717) is 22.9 Å². The van der Waals surface area contributed by atoms with Crippen LogP contribution in [0, 0.1) is 0 Å². The SMILES string of the molecule is O=C1CCC(c2cc3ccccc3c(C(=O)O)n2)C(=O)N1. The quantitative estimate of drug-likeness (QED) is 0.814. The van der Waals surface area contributed by atoms with E-state index in [1.54, 1.807) is 30.3 Å². The van der Waals surface area contributed by atoms with Crippen LogP contribution >= 0.6 is 0 Å². The average Bonchev–Trinajstić information content (AvgIpc) is 2.46. The minimum Gasteiger partial charge on any atom is -0.476 e. The second-order valence-corrected chi connectivity index (χ2v) is 4.93. The molecular formula is C15H12N2O4. The summed E-state index contributed by atoms with van der Waals surface area (Å²) >= 11 is 0. The number of pyridine rings is 1. The van der Waals surface area contributed by atoms with Crippen molar-refractivity contribution < 1.29 is 19.5 Å². The highest BCUT2D eigenvalue weighted by atomic mass is 16.4. The topological polar surface area (TPSA) is 96.4 Å². The van der Waals surface area contributed by atoms with Crippen molar-refractivity contribution in [2.45, 2.75) is 18.8 Å². The van der Waals surface area contributed by atoms with Gasteiger partial charge in [0.25, 0.3) is 0 Å². The minimum absolute atomic E-state index is 0.0761. The van der Waals surface area contributed by atoms with E-state index in [2.05, 4.69) is 10.3 Å². The van der Waals surface area contributed by atoms with Crippen molar-refractivity contribution in [2.75, 3.05) is 0 Å². The second kappa shape index (κ2) is 4.97. The number of fused-ring (bicyclic) bond motifs is 1. The summed E-state index contributed by atoms with van der Waals surface area (Å²) in [7, 11) is 0. The first-order chi connectivity index (χ1) is 10.1. The van der Waals surface area contributed by atoms with Crippen molar-refractivity contribution in [2.24, 2.45) is 0 Å². The van der Waals surface area contributed by atoms with Crippen molar-refractivity contribution in [3.05, 3.63) is 41.7 Å². The first kappa shape index (κ1) is 13.2. The monoisotopic (exact) mass is 284 g/mol. The zero-order valence-corrected chi connectivity index (χ0v) is 11.0. The van der Waals surface area contributed by atoms with Crippen LogP contribution in [0.15, 0.2) is 30.3 Å². The van der Waals surface area contributed by atoms with Gasteiger partial charge >= 0.3 is 5.97 Å². The molecule has 1 aromatic carbocycles. The van der Waals surface area contributed by atoms with E-state index in [-0.39, 0.29) is 18.0 Å². The Morgan fingerprint density at radius 1 is 1.29 bits per heavy atom. The summed E-state index contributed by atoms with van der Waals surface area (Å²) in [6.07, 6.45) is 0.572. The number of nitrogens with zero attached hydrogens (tertiary/aromatic N) is 1. The lowest BCUT2D eigenvalue weighted by Gasteiger charge is -2.21. The summed E-state index contributed by atoms with van der Waals surface area (Å²) in [6.45, 7) is 0. The normalized spacial score (nSPS) is 18.6. The molecule has 2 heterocycles. The van der Waals surface area contributed by atoms with Crippen molar-refractivity contribution >= 4 is 28.6 Å². The predicted octanol–water partition coefficient (Wildman–Crippen LogP) is 1.45. The second-order valence-electron chi connectivity index (χ2n) is 4.93. The van der Waals surface area contributed by atoms with Gasteiger partial charge < -0.3 is 5.11 Å². The minimum atomic E-state index is -1.14. The number of piperidine rings is 1. The van der Waals surface area contributed by atoms with E-state index in [4.69, 9.17) is 0 Å². The van der Waals surface area contributed by atoms with Gasteiger partial charge in [0.2, 0.25) is 11.8 Å². The highest BCUT2D eigenvalue weighted by molar-refractivity contribution is 6.04. The molecule has 0 radical (unpaired) electrons. The van der Waals surface area contributed by atoms with E-state index in [1.165, 1.54) is 0 Å². The number of imide groups is 1. The summed E-state index contributed by atoms with van der Waals surface area (Å²) in [5, 5.41) is 12.8. The van der Waals surface area contributed by atoms with Crippen LogP contribution in [-0.4, -0.2) is 27.9 Å². The van der Waals surface area contributed by atoms with Crippen LogP contribution in [0.5, 0.6) is 0 Å². The molecule has 6 nitrogen and oxygen atoms in total. The number of hydrogen-bond acceptors (Lipinski definition) is 4. The third-order valence-corrected chi connectivity index (χ3v) is 3.56. The maximum Gasteiger partial charge on any atom is 0.355 e. The summed E-state index contributed by atoms with van der Waals surface area (Å²) in [5.74, 6) is -2.47. The summed E-state index contributed by atoms with van der Waals surface area (Å²) in [6, 6.07) is 8.70. The van der Waals surface area contributed by atoms with Crippen LogP contribution < -0.4 is 5.32 Å². The maximum absolute atomic E-state index is 11.9. The van der Waals surface area contributed by atoms with E-state index in [9.17, 15) is 19.5 Å². The van der Waals surface area contributed by atoms with Gasteiger partial charge in [-0.15, -0.1) is 0 Å². The number of benzene rings is 1. The number of carbonyl (C=O) groups excluding carboxylic acids is 2. The lowest BCUT2D eigenvalue weighted by molar-refractivity contribution is -0.134. The Bertz CT molecular complexity index is 769. The summed E-state index contributed by atoms with van der Waals surface area (Å²) in [4.78, 5) is 38.6. The number of aromatic carboxylic acids is 1. The van der Waals surface area contributed by atoms with Gasteiger partial charge in [0, 0.05) is 11.8 Å². The molecule has 0 bridgehead atoms. The van der Waals surface area contributed by atoms with Gasteiger partial charge in [-0.2, -0.15) is 0 Å². The largest absolute Gasteiger partial charge is 0.476 e. The molecule has 0 aliphatic carbocycles. The number of hydrogen-bond donors (Lipinski definition) is 2. The van der Waals surface area contributed by atoms with Crippen LogP contribution in [0.1, 0.15) is 34.9 Å². The van der Waals surface area contributed by atoms with Gasteiger partial charge in [0.05, 0.1) is 11.6 Å². The standard InChI is InChI=1S/C15H12N2O4/c18-12-6-5-10(14(19)17-12)11-7-8-3-1-2-4-9(8)13(16-11)15(20)21/h1-4,7,10H,5-6H2,(H,20,21)(H,17,18,19). The highest BCUT2D eigenvalue weighted by Gasteiger charge is 2.30. The molecular weight excluding hydrogens is 272 g/mol. The number of carboxylic acids is 1. The molecule has 1 atom stereocenters. The summed E-state index contributed by atoms with van der Waals surface area (Å²) < 4.78 is 0. The molecule has 0 saturated carbocycles. The molecule has 0 spiro atoms. The molecule has 1 aliphatic rings. The molecule has 2 amide bonds. The van der Waals surface area contributed by atoms with Crippen molar-refractivity contribution in [1.29, 1.82) is 0 Å². The Morgan fingerprint density at radius 2 is 2.05 bits per heavy atom. The number of rotatable bonds is 2. The van der Waals surface area contributed by atoms with Gasteiger partial charge in [0.15, 0.2) is 5.69 Å². The molecule has 2 N–H and O–H groups in total. The molecule has 1 fully saturated rings. The lowest BCUT2D eigenvalue weighted by atomic mass is 9.93. The molecule has 1 unspecified atom stereocenters. The fraction of sp³-hybridized carbons (Fsp3) is 0.200. The zero-order chi connectivity index (χ0) is 15.0. The van der Waals surface area contributed by atoms with Crippen molar-refractivity contribution in [3.8, 4) is 0 Å². The van der Waals surface area contributed by atoms with Gasteiger partial charge in [-0.25, -0.2) is 9.78 Å². The Kier molecular flexibility index (Phi) is 3.13. The van der Waals surface area contributed by atoms with Crippen LogP contribution in [0.3, 0.4) is 0 Å². The van der Waals surface area contributed by atoms with E-state index < -0.39 is 17.8 Å². The third kappa shape index (κ3) is 2.35. The molecule has 1 aromatic heterocycles. The first-order valence-corrected chi connectivity index (χ1v) is 6.53. The van der Waals surface area contributed by atoms with Gasteiger partial charge in [-0.1, -0.05) is 24.3 Å². The smallest absolute Gasteiger partial charge is 0.355 e. The lowest BCUT2D eigenvalue weighted by Crippen LogP contribution is -2.39. The number of carboxylic acid groups (broad SMARTS) is 1. The van der Waals surface area contributed by atoms with E-state index in [1.807, 2.05) is 0 Å². The molecule has 21 heavy (non-hydrogen) atoms. The molecule has 1 aliphatic heterocycles. The van der Waals surface area contributed by atoms with Crippen molar-refractivity contribution in [3.63, 3.8) is 0 Å². The fourth-order valence-corrected chi connectivity index (χ4v) is 2.54. The highest BCUT2D eigenvalue weighted by Crippen LogP contribution is 2.27. The Balaban J connectivity index is 2.13. The van der Waals surface area contributed by atoms with E-state index in [0.717, 1.165) is 0 Å². The molecule has 3 rings (SSSR count). The molecule has 1 saturated heterocycles. The van der Waals surface area contributed by atoms with Crippen LogP contribution in [0.4, 0.5) is 0 Å². The number of carbonyl (C=O) groups is 3.